The van der Waals surface area contributed by atoms with E-state index in [1.54, 1.807) is 23.1 Å². The summed E-state index contributed by atoms with van der Waals surface area (Å²) in [7, 11) is 3.17. The summed E-state index contributed by atoms with van der Waals surface area (Å²) >= 11 is 6.02. The van der Waals surface area contributed by atoms with Crippen LogP contribution in [0.3, 0.4) is 0 Å². The number of nitrogens with zero attached hydrogens (tertiary/aromatic N) is 2. The Morgan fingerprint density at radius 1 is 1.26 bits per heavy atom. The van der Waals surface area contributed by atoms with E-state index in [2.05, 4.69) is 0 Å². The number of amides is 1. The maximum Gasteiger partial charge on any atom is 0.348 e. The van der Waals surface area contributed by atoms with Crippen molar-refractivity contribution in [1.29, 1.82) is 0 Å². The average Bonchev–Trinajstić information content (AvgIpc) is 2.66. The summed E-state index contributed by atoms with van der Waals surface area (Å²) < 4.78 is 10.5. The van der Waals surface area contributed by atoms with Gasteiger partial charge in [0.15, 0.2) is 0 Å². The standard InChI is InChI=1S/C20H21ClN2O4/c1-22(11-14-6-5-7-15(21)10-14)13-19(24)23-12-18(20(25)26-2)27-17-9-4-3-8-16(17)23/h3-10,18H,11-13H2,1-2H3/t18-/m0/s1. The number of methoxy groups -OCH3 is 1. The highest BCUT2D eigenvalue weighted by atomic mass is 35.5. The first-order chi connectivity index (χ1) is 13.0. The molecule has 0 fully saturated rings. The van der Waals surface area contributed by atoms with Gasteiger partial charge in [0.25, 0.3) is 0 Å². The number of esters is 1. The zero-order valence-electron chi connectivity index (χ0n) is 15.2. The van der Waals surface area contributed by atoms with Crippen LogP contribution in [0.1, 0.15) is 5.56 Å². The SMILES string of the molecule is COC(=O)[C@@H]1CN(C(=O)CN(C)Cc2cccc(Cl)c2)c2ccccc2O1. The van der Waals surface area contributed by atoms with Gasteiger partial charge >= 0.3 is 5.97 Å². The van der Waals surface area contributed by atoms with Crippen molar-refractivity contribution in [2.24, 2.45) is 0 Å². The molecule has 0 bridgehead atoms. The molecular weight excluding hydrogens is 368 g/mol. The smallest absolute Gasteiger partial charge is 0.348 e. The Labute approximate surface area is 163 Å². The maximum absolute atomic E-state index is 12.9. The van der Waals surface area contributed by atoms with E-state index in [4.69, 9.17) is 21.1 Å². The van der Waals surface area contributed by atoms with E-state index in [-0.39, 0.29) is 19.0 Å². The highest BCUT2D eigenvalue weighted by molar-refractivity contribution is 6.30. The maximum atomic E-state index is 12.9. The number of ether oxygens (including phenoxy) is 2. The molecule has 0 unspecified atom stereocenters. The van der Waals surface area contributed by atoms with Crippen LogP contribution in [0.15, 0.2) is 48.5 Å². The molecular formula is C20H21ClN2O4. The molecule has 27 heavy (non-hydrogen) atoms. The van der Waals surface area contributed by atoms with Crippen LogP contribution < -0.4 is 9.64 Å². The van der Waals surface area contributed by atoms with Gasteiger partial charge in [-0.3, -0.25) is 9.69 Å². The molecule has 1 aliphatic heterocycles. The van der Waals surface area contributed by atoms with Crippen molar-refractivity contribution in [1.82, 2.24) is 4.90 Å². The number of carbonyl (C=O) groups excluding carboxylic acids is 2. The van der Waals surface area contributed by atoms with Gasteiger partial charge in [-0.2, -0.15) is 0 Å². The molecule has 2 aromatic rings. The average molecular weight is 389 g/mol. The number of benzene rings is 2. The van der Waals surface area contributed by atoms with E-state index in [0.717, 1.165) is 5.56 Å². The van der Waals surface area contributed by atoms with Gasteiger partial charge in [-0.1, -0.05) is 35.9 Å². The Kier molecular flexibility index (Phi) is 5.98. The van der Waals surface area contributed by atoms with E-state index in [1.807, 2.05) is 42.3 Å². The fourth-order valence-electron chi connectivity index (χ4n) is 3.04. The minimum Gasteiger partial charge on any atom is -0.475 e. The summed E-state index contributed by atoms with van der Waals surface area (Å²) in [4.78, 5) is 28.3. The summed E-state index contributed by atoms with van der Waals surface area (Å²) in [5.41, 5.74) is 1.67. The zero-order valence-corrected chi connectivity index (χ0v) is 16.0. The van der Waals surface area contributed by atoms with E-state index in [0.29, 0.717) is 23.0 Å². The van der Waals surface area contributed by atoms with Gasteiger partial charge in [0.1, 0.15) is 5.75 Å². The molecule has 142 valence electrons. The molecule has 0 spiro atoms. The normalized spacial score (nSPS) is 15.9. The molecule has 1 aliphatic rings. The number of rotatable bonds is 5. The van der Waals surface area contributed by atoms with E-state index in [9.17, 15) is 9.59 Å². The predicted octanol–water partition coefficient (Wildman–Crippen LogP) is 2.74. The van der Waals surface area contributed by atoms with Gasteiger partial charge < -0.3 is 14.4 Å². The third-order valence-electron chi connectivity index (χ3n) is 4.29. The van der Waals surface area contributed by atoms with E-state index >= 15 is 0 Å². The summed E-state index contributed by atoms with van der Waals surface area (Å²) in [6.07, 6.45) is -0.841. The summed E-state index contributed by atoms with van der Waals surface area (Å²) in [6, 6.07) is 14.7. The van der Waals surface area contributed by atoms with Crippen molar-refractivity contribution in [2.45, 2.75) is 12.6 Å². The number of likely N-dealkylation sites (N-methyl/N-ethyl adjacent to an activating group) is 1. The zero-order chi connectivity index (χ0) is 19.4. The lowest BCUT2D eigenvalue weighted by Gasteiger charge is -2.34. The second kappa shape index (κ2) is 8.41. The molecule has 1 amide bonds. The van der Waals surface area contributed by atoms with E-state index < -0.39 is 12.1 Å². The Morgan fingerprint density at radius 3 is 2.78 bits per heavy atom. The Hall–Kier alpha value is -2.57. The minimum atomic E-state index is -0.841. The van der Waals surface area contributed by atoms with Gasteiger partial charge in [0.2, 0.25) is 12.0 Å². The third-order valence-corrected chi connectivity index (χ3v) is 4.52. The number of carbonyl (C=O) groups is 2. The first-order valence-corrected chi connectivity index (χ1v) is 8.92. The quantitative estimate of drug-likeness (QED) is 0.737. The lowest BCUT2D eigenvalue weighted by molar-refractivity contribution is -0.148. The van der Waals surface area contributed by atoms with Crippen LogP contribution in [-0.4, -0.2) is 50.1 Å². The number of hydrogen-bond acceptors (Lipinski definition) is 5. The minimum absolute atomic E-state index is 0.119. The number of anilines is 1. The summed E-state index contributed by atoms with van der Waals surface area (Å²) in [5, 5.41) is 0.662. The molecule has 3 rings (SSSR count). The fraction of sp³-hybridized carbons (Fsp3) is 0.300. The molecule has 0 saturated carbocycles. The van der Waals surface area contributed by atoms with Gasteiger partial charge in [0.05, 0.1) is 25.9 Å². The van der Waals surface area contributed by atoms with Crippen LogP contribution in [0.5, 0.6) is 5.75 Å². The molecule has 0 aromatic heterocycles. The van der Waals surface area contributed by atoms with Gasteiger partial charge in [-0.05, 0) is 36.9 Å². The second-order valence-electron chi connectivity index (χ2n) is 6.40. The van der Waals surface area contributed by atoms with Crippen molar-refractivity contribution in [3.63, 3.8) is 0 Å². The van der Waals surface area contributed by atoms with Gasteiger partial charge in [-0.25, -0.2) is 4.79 Å². The molecule has 0 radical (unpaired) electrons. The van der Waals surface area contributed by atoms with Crippen molar-refractivity contribution >= 4 is 29.2 Å². The third kappa shape index (κ3) is 4.59. The number of halogens is 1. The van der Waals surface area contributed by atoms with Crippen molar-refractivity contribution in [2.75, 3.05) is 32.1 Å². The number of fused-ring (bicyclic) bond motifs is 1. The van der Waals surface area contributed by atoms with Crippen LogP contribution >= 0.6 is 11.6 Å². The predicted molar refractivity (Wildman–Crippen MR) is 103 cm³/mol. The monoisotopic (exact) mass is 388 g/mol. The number of hydrogen-bond donors (Lipinski definition) is 0. The van der Waals surface area contributed by atoms with Crippen molar-refractivity contribution in [3.8, 4) is 5.75 Å². The first-order valence-electron chi connectivity index (χ1n) is 8.55. The van der Waals surface area contributed by atoms with Crippen LogP contribution in [-0.2, 0) is 20.9 Å². The molecule has 2 aromatic carbocycles. The highest BCUT2D eigenvalue weighted by Crippen LogP contribution is 2.33. The molecule has 6 nitrogen and oxygen atoms in total. The topological polar surface area (TPSA) is 59.1 Å². The molecule has 0 aliphatic carbocycles. The highest BCUT2D eigenvalue weighted by Gasteiger charge is 2.34. The number of para-hydroxylation sites is 2. The fourth-order valence-corrected chi connectivity index (χ4v) is 3.26. The molecule has 7 heteroatoms. The molecule has 0 N–H and O–H groups in total. The largest absolute Gasteiger partial charge is 0.475 e. The van der Waals surface area contributed by atoms with Crippen LogP contribution in [0, 0.1) is 0 Å². The Balaban J connectivity index is 1.73. The van der Waals surface area contributed by atoms with Crippen LogP contribution in [0.4, 0.5) is 5.69 Å². The Morgan fingerprint density at radius 2 is 2.04 bits per heavy atom. The molecule has 1 atom stereocenters. The van der Waals surface area contributed by atoms with Gasteiger partial charge in [-0.15, -0.1) is 0 Å². The van der Waals surface area contributed by atoms with Gasteiger partial charge in [0, 0.05) is 11.6 Å². The lowest BCUT2D eigenvalue weighted by Crippen LogP contribution is -2.49. The summed E-state index contributed by atoms with van der Waals surface area (Å²) in [5.74, 6) is -0.135. The van der Waals surface area contributed by atoms with E-state index in [1.165, 1.54) is 7.11 Å². The first kappa shape index (κ1) is 19.2. The van der Waals surface area contributed by atoms with Crippen LogP contribution in [0.2, 0.25) is 5.02 Å². The second-order valence-corrected chi connectivity index (χ2v) is 6.84. The van der Waals surface area contributed by atoms with Crippen molar-refractivity contribution in [3.05, 3.63) is 59.1 Å². The van der Waals surface area contributed by atoms with Crippen LogP contribution in [0.25, 0.3) is 0 Å². The summed E-state index contributed by atoms with van der Waals surface area (Å²) in [6.45, 7) is 0.890. The molecule has 0 saturated heterocycles. The lowest BCUT2D eigenvalue weighted by atomic mass is 10.1. The molecule has 1 heterocycles. The van der Waals surface area contributed by atoms with Crippen molar-refractivity contribution < 1.29 is 19.1 Å². The Bertz CT molecular complexity index is 842.